The largest absolute Gasteiger partial charge is 0.504 e. The second-order valence-corrected chi connectivity index (χ2v) is 12.7. The molecule has 0 saturated carbocycles. The Hall–Kier alpha value is -5.11. The van der Waals surface area contributed by atoms with Crippen molar-refractivity contribution in [2.75, 3.05) is 40.7 Å². The first-order chi connectivity index (χ1) is 23.6. The Morgan fingerprint density at radius 2 is 1.98 bits per heavy atom. The Labute approximate surface area is 285 Å². The number of piperazine rings is 1. The van der Waals surface area contributed by atoms with E-state index < -0.39 is 30.1 Å². The fourth-order valence-electron chi connectivity index (χ4n) is 8.11. The monoisotopic (exact) mass is 671 g/mol. The fraction of sp³-hybridized carbons (Fsp3) is 0.472. The molecule has 4 aliphatic heterocycles. The molecule has 0 radical (unpaired) electrons. The Bertz CT molecular complexity index is 1780. The maximum atomic E-state index is 13.4. The number of hydrogen-bond acceptors (Lipinski definition) is 11. The highest BCUT2D eigenvalue weighted by Gasteiger charge is 2.56. The molecule has 3 N–H and O–H groups in total. The summed E-state index contributed by atoms with van der Waals surface area (Å²) in [5.41, 5.74) is 4.82. The molecule has 4 heterocycles. The number of hydrogen-bond donors (Lipinski definition) is 3. The molecule has 6 rings (SSSR count). The maximum Gasteiger partial charge on any atom is 0.408 e. The number of rotatable bonds is 9. The highest BCUT2D eigenvalue weighted by Crippen LogP contribution is 2.58. The highest BCUT2D eigenvalue weighted by atomic mass is 16.7. The van der Waals surface area contributed by atoms with Gasteiger partial charge in [0.1, 0.15) is 31.0 Å². The predicted molar refractivity (Wildman–Crippen MR) is 178 cm³/mol. The van der Waals surface area contributed by atoms with Crippen LogP contribution in [0, 0.1) is 37.5 Å². The molecule has 0 aliphatic carbocycles. The van der Waals surface area contributed by atoms with Crippen molar-refractivity contribution < 1.29 is 38.4 Å². The Balaban J connectivity index is 1.49. The Morgan fingerprint density at radius 1 is 1.22 bits per heavy atom. The summed E-state index contributed by atoms with van der Waals surface area (Å²) in [4.78, 5) is 29.9. The summed E-state index contributed by atoms with van der Waals surface area (Å²) in [5, 5.41) is 28.1. The van der Waals surface area contributed by atoms with Gasteiger partial charge in [-0.3, -0.25) is 14.6 Å². The summed E-state index contributed by atoms with van der Waals surface area (Å²) in [6.45, 7) is 8.93. The number of aryl methyl sites for hydroxylation is 1. The number of phenolic OH excluding ortho intramolecular Hbond substituents is 1. The lowest BCUT2D eigenvalue weighted by Gasteiger charge is -2.60. The number of nitriles is 1. The van der Waals surface area contributed by atoms with Crippen LogP contribution in [-0.2, 0) is 22.4 Å². The van der Waals surface area contributed by atoms with Crippen molar-refractivity contribution in [2.24, 2.45) is 0 Å². The van der Waals surface area contributed by atoms with Gasteiger partial charge < -0.3 is 39.4 Å². The number of nitrogens with zero attached hydrogens (tertiary/aromatic N) is 3. The summed E-state index contributed by atoms with van der Waals surface area (Å²) >= 11 is 0. The van der Waals surface area contributed by atoms with Gasteiger partial charge >= 0.3 is 6.09 Å². The van der Waals surface area contributed by atoms with Gasteiger partial charge in [0.15, 0.2) is 23.0 Å². The summed E-state index contributed by atoms with van der Waals surface area (Å²) in [6, 6.07) is 1.54. The first-order valence-corrected chi connectivity index (χ1v) is 16.2. The molecule has 258 valence electrons. The van der Waals surface area contributed by atoms with Crippen LogP contribution in [0.1, 0.15) is 52.4 Å². The van der Waals surface area contributed by atoms with Crippen LogP contribution < -0.4 is 29.6 Å². The number of alkyl carbamates (subject to hydrolysis) is 1. The van der Waals surface area contributed by atoms with Crippen molar-refractivity contribution in [3.8, 4) is 47.2 Å². The predicted octanol–water partition coefficient (Wildman–Crippen LogP) is 2.95. The minimum atomic E-state index is -0.924. The minimum absolute atomic E-state index is 0.00249. The van der Waals surface area contributed by atoms with Crippen LogP contribution >= 0.6 is 0 Å². The normalized spacial score (nSPS) is 23.8. The number of nitrogens with one attached hydrogen (secondary N) is 2. The van der Waals surface area contributed by atoms with Crippen molar-refractivity contribution in [3.63, 3.8) is 0 Å². The first kappa shape index (κ1) is 33.8. The summed E-state index contributed by atoms with van der Waals surface area (Å²) in [5.74, 6) is 4.20. The average molecular weight is 672 g/mol. The van der Waals surface area contributed by atoms with Crippen molar-refractivity contribution in [2.45, 2.75) is 69.9 Å². The number of carbonyl (C=O) groups excluding carboxylic acids is 2. The highest BCUT2D eigenvalue weighted by molar-refractivity contribution is 5.85. The quantitative estimate of drug-likeness (QED) is 0.266. The topological polar surface area (TPSA) is 155 Å². The number of benzene rings is 2. The molecule has 2 aromatic carbocycles. The lowest BCUT2D eigenvalue weighted by Crippen LogP contribution is -2.69. The number of amides is 2. The number of fused-ring (bicyclic) bond motifs is 9. The van der Waals surface area contributed by atoms with Crippen LogP contribution in [-0.4, -0.2) is 91.8 Å². The second kappa shape index (κ2) is 13.4. The van der Waals surface area contributed by atoms with E-state index in [2.05, 4.69) is 39.0 Å². The fourth-order valence-corrected chi connectivity index (χ4v) is 8.11. The van der Waals surface area contributed by atoms with Gasteiger partial charge in [-0.2, -0.15) is 5.26 Å². The standard InChI is InChI=1S/C36H41N5O8/c1-8-10-46-32-19(4)33-34(49-17-48-33)28-22(32)14-24-29-27-21(12-18(3)31(45-7)30(27)42)13-23(40(29)6)25(15-37)41(24)26(28)16-38-35(43)20(5)39-36(44)47-11-9-2/h1,9,12,20,23-26,29,42H,2,10-11,13-14,16-17H2,3-7H3,(H,38,43)(H,39,44)/t20-,23-,24-,25-,26?,29-/m0/s1. The number of likely N-dealkylation sites (N-methyl/N-ethyl adjacent to an activating group) is 1. The molecular formula is C36H41N5O8. The smallest absolute Gasteiger partial charge is 0.408 e. The van der Waals surface area contributed by atoms with Crippen molar-refractivity contribution in [1.29, 1.82) is 5.26 Å². The van der Waals surface area contributed by atoms with Crippen LogP contribution in [0.2, 0.25) is 0 Å². The zero-order valence-electron chi connectivity index (χ0n) is 28.3. The van der Waals surface area contributed by atoms with Gasteiger partial charge in [0, 0.05) is 40.9 Å². The Kier molecular flexibility index (Phi) is 9.25. The first-order valence-electron chi connectivity index (χ1n) is 16.2. The molecule has 13 nitrogen and oxygen atoms in total. The van der Waals surface area contributed by atoms with E-state index in [0.29, 0.717) is 35.8 Å². The van der Waals surface area contributed by atoms with E-state index in [-0.39, 0.29) is 50.4 Å². The number of methoxy groups -OCH3 is 1. The van der Waals surface area contributed by atoms with Gasteiger partial charge in [-0.15, -0.1) is 6.42 Å². The molecule has 0 aromatic heterocycles. The molecule has 2 aromatic rings. The lowest BCUT2D eigenvalue weighted by atomic mass is 9.71. The van der Waals surface area contributed by atoms with Gasteiger partial charge in [0.25, 0.3) is 0 Å². The molecule has 13 heteroatoms. The van der Waals surface area contributed by atoms with Crippen LogP contribution in [0.3, 0.4) is 0 Å². The van der Waals surface area contributed by atoms with Gasteiger partial charge in [0.05, 0.1) is 25.3 Å². The van der Waals surface area contributed by atoms with E-state index in [1.165, 1.54) is 13.2 Å². The third-order valence-electron chi connectivity index (χ3n) is 10.1. The zero-order chi connectivity index (χ0) is 35.1. The van der Waals surface area contributed by atoms with E-state index in [4.69, 9.17) is 30.1 Å². The van der Waals surface area contributed by atoms with Crippen LogP contribution in [0.25, 0.3) is 0 Å². The summed E-state index contributed by atoms with van der Waals surface area (Å²) in [7, 11) is 3.52. The molecule has 6 atom stereocenters. The minimum Gasteiger partial charge on any atom is -0.504 e. The lowest BCUT2D eigenvalue weighted by molar-refractivity contribution is -0.123. The molecule has 0 spiro atoms. The number of ether oxygens (including phenoxy) is 5. The van der Waals surface area contributed by atoms with E-state index in [1.54, 1.807) is 6.92 Å². The van der Waals surface area contributed by atoms with Gasteiger partial charge in [-0.05, 0) is 51.8 Å². The van der Waals surface area contributed by atoms with Crippen molar-refractivity contribution in [1.82, 2.24) is 20.4 Å². The number of terminal acetylenes is 1. The van der Waals surface area contributed by atoms with E-state index in [9.17, 15) is 20.0 Å². The van der Waals surface area contributed by atoms with E-state index >= 15 is 0 Å². The maximum absolute atomic E-state index is 13.4. The number of carbonyl (C=O) groups is 2. The van der Waals surface area contributed by atoms with E-state index in [1.807, 2.05) is 27.0 Å². The summed E-state index contributed by atoms with van der Waals surface area (Å²) < 4.78 is 28.9. The zero-order valence-corrected chi connectivity index (χ0v) is 28.3. The third-order valence-corrected chi connectivity index (χ3v) is 10.1. The SMILES string of the molecule is C#CCOc1c(C)c2c(c3c1C[C@H]1[C@H]4c5c(cc(C)c(OC)c5O)C[C@@H]([C@H](C#N)N1C3CNC(=O)[C@H](C)NC(=O)OCC=C)N4C)OCO2. The molecule has 49 heavy (non-hydrogen) atoms. The van der Waals surface area contributed by atoms with Crippen molar-refractivity contribution in [3.05, 3.63) is 52.1 Å². The number of phenols is 1. The molecule has 2 amide bonds. The molecule has 1 saturated heterocycles. The van der Waals surface area contributed by atoms with Gasteiger partial charge in [-0.1, -0.05) is 24.6 Å². The Morgan fingerprint density at radius 3 is 2.67 bits per heavy atom. The third kappa shape index (κ3) is 5.53. The molecule has 4 aliphatic rings. The van der Waals surface area contributed by atoms with Gasteiger partial charge in [0.2, 0.25) is 12.7 Å². The summed E-state index contributed by atoms with van der Waals surface area (Å²) in [6.07, 6.45) is 7.25. The second-order valence-electron chi connectivity index (χ2n) is 12.7. The molecular weight excluding hydrogens is 630 g/mol. The van der Waals surface area contributed by atoms with Crippen LogP contribution in [0.4, 0.5) is 4.79 Å². The van der Waals surface area contributed by atoms with Gasteiger partial charge in [-0.25, -0.2) is 4.79 Å². The van der Waals surface area contributed by atoms with Crippen molar-refractivity contribution >= 4 is 12.0 Å². The van der Waals surface area contributed by atoms with Crippen LogP contribution in [0.15, 0.2) is 18.7 Å². The molecule has 2 bridgehead atoms. The van der Waals surface area contributed by atoms with E-state index in [0.717, 1.165) is 33.4 Å². The average Bonchev–Trinajstić information content (AvgIpc) is 3.57. The van der Waals surface area contributed by atoms with Crippen LogP contribution in [0.5, 0.6) is 28.7 Å². The molecule has 1 unspecified atom stereocenters. The molecule has 1 fully saturated rings. The number of aromatic hydroxyl groups is 1.